The Kier molecular flexibility index (Phi) is 11.1. The molecule has 0 aliphatic heterocycles. The minimum Gasteiger partial charge on any atom is -0.354 e. The fourth-order valence-electron chi connectivity index (χ4n) is 4.83. The normalized spacial score (nSPS) is 11.9. The summed E-state index contributed by atoms with van der Waals surface area (Å²) >= 11 is 3.50. The van der Waals surface area contributed by atoms with Crippen LogP contribution in [0.15, 0.2) is 119 Å². The molecule has 9 heteroatoms. The van der Waals surface area contributed by atoms with Gasteiger partial charge in [-0.3, -0.25) is 13.9 Å². The van der Waals surface area contributed by atoms with Gasteiger partial charge >= 0.3 is 0 Å². The average Bonchev–Trinajstić information content (AvgIpc) is 3.01. The van der Waals surface area contributed by atoms with Crippen molar-refractivity contribution in [3.8, 4) is 0 Å². The summed E-state index contributed by atoms with van der Waals surface area (Å²) in [6, 6.07) is 31.3. The fraction of sp³-hybridized carbons (Fsp3) is 0.235. The number of aryl methyl sites for hydroxylation is 1. The Balaban J connectivity index is 1.80. The van der Waals surface area contributed by atoms with Crippen LogP contribution < -0.4 is 9.62 Å². The number of nitrogens with one attached hydrogen (secondary N) is 1. The third-order valence-electron chi connectivity index (χ3n) is 7.06. The van der Waals surface area contributed by atoms with Gasteiger partial charge in [0.05, 0.1) is 10.6 Å². The molecular weight excluding hydrogens is 626 g/mol. The average molecular weight is 663 g/mol. The van der Waals surface area contributed by atoms with Crippen LogP contribution in [0.4, 0.5) is 5.69 Å². The Hall–Kier alpha value is -3.95. The molecule has 7 nitrogen and oxygen atoms in total. The zero-order valence-electron chi connectivity index (χ0n) is 24.3. The van der Waals surface area contributed by atoms with E-state index in [1.807, 2.05) is 80.6 Å². The van der Waals surface area contributed by atoms with Crippen molar-refractivity contribution in [3.63, 3.8) is 0 Å². The number of hydrogen-bond donors (Lipinski definition) is 1. The van der Waals surface area contributed by atoms with E-state index in [-0.39, 0.29) is 23.8 Å². The van der Waals surface area contributed by atoms with Crippen LogP contribution >= 0.6 is 15.9 Å². The van der Waals surface area contributed by atoms with Crippen molar-refractivity contribution < 1.29 is 18.0 Å². The molecule has 4 aromatic rings. The molecule has 4 rings (SSSR count). The first-order chi connectivity index (χ1) is 20.7. The summed E-state index contributed by atoms with van der Waals surface area (Å²) in [6.45, 7) is 3.86. The van der Waals surface area contributed by atoms with Crippen LogP contribution in [0.2, 0.25) is 0 Å². The molecule has 224 valence electrons. The molecule has 43 heavy (non-hydrogen) atoms. The van der Waals surface area contributed by atoms with Gasteiger partial charge in [0.1, 0.15) is 12.6 Å². The van der Waals surface area contributed by atoms with Gasteiger partial charge < -0.3 is 10.2 Å². The van der Waals surface area contributed by atoms with Crippen LogP contribution in [0.1, 0.15) is 30.0 Å². The first-order valence-corrected chi connectivity index (χ1v) is 16.4. The molecule has 0 radical (unpaired) electrons. The van der Waals surface area contributed by atoms with Crippen molar-refractivity contribution in [1.29, 1.82) is 0 Å². The number of sulfonamides is 1. The minimum absolute atomic E-state index is 0.0751. The first-order valence-electron chi connectivity index (χ1n) is 14.2. The number of halogens is 1. The van der Waals surface area contributed by atoms with Gasteiger partial charge in [0.25, 0.3) is 10.0 Å². The highest BCUT2D eigenvalue weighted by molar-refractivity contribution is 9.10. The topological polar surface area (TPSA) is 86.8 Å². The number of nitrogens with zero attached hydrogens (tertiary/aromatic N) is 2. The van der Waals surface area contributed by atoms with E-state index < -0.39 is 28.5 Å². The van der Waals surface area contributed by atoms with Crippen molar-refractivity contribution in [3.05, 3.63) is 130 Å². The molecule has 1 atom stereocenters. The van der Waals surface area contributed by atoms with E-state index in [0.29, 0.717) is 17.8 Å². The number of hydrogen-bond acceptors (Lipinski definition) is 4. The molecule has 0 spiro atoms. The summed E-state index contributed by atoms with van der Waals surface area (Å²) in [6.07, 6.45) is 1.01. The van der Waals surface area contributed by atoms with Gasteiger partial charge in [-0.25, -0.2) is 8.42 Å². The van der Waals surface area contributed by atoms with Gasteiger partial charge in [0.15, 0.2) is 0 Å². The van der Waals surface area contributed by atoms with Crippen molar-refractivity contribution in [2.75, 3.05) is 17.4 Å². The van der Waals surface area contributed by atoms with Crippen molar-refractivity contribution in [1.82, 2.24) is 10.2 Å². The Morgan fingerprint density at radius 3 is 2.12 bits per heavy atom. The predicted molar refractivity (Wildman–Crippen MR) is 174 cm³/mol. The summed E-state index contributed by atoms with van der Waals surface area (Å²) in [4.78, 5) is 29.7. The Bertz CT molecular complexity index is 1630. The smallest absolute Gasteiger partial charge is 0.264 e. The fourth-order valence-corrected chi connectivity index (χ4v) is 6.77. The summed E-state index contributed by atoms with van der Waals surface area (Å²) in [5.74, 6) is -0.780. The maximum Gasteiger partial charge on any atom is 0.264 e. The monoisotopic (exact) mass is 661 g/mol. The molecule has 4 aromatic carbocycles. The Labute approximate surface area is 262 Å². The molecule has 0 heterocycles. The Morgan fingerprint density at radius 2 is 1.47 bits per heavy atom. The van der Waals surface area contributed by atoms with Crippen LogP contribution in [-0.2, 0) is 32.6 Å². The maximum atomic E-state index is 14.4. The second-order valence-corrected chi connectivity index (χ2v) is 13.0. The molecule has 0 fully saturated rings. The molecule has 0 aromatic heterocycles. The highest BCUT2D eigenvalue weighted by Crippen LogP contribution is 2.28. The number of benzene rings is 4. The lowest BCUT2D eigenvalue weighted by Crippen LogP contribution is -2.53. The molecule has 0 saturated heterocycles. The number of rotatable bonds is 13. The van der Waals surface area contributed by atoms with Crippen molar-refractivity contribution in [2.45, 2.75) is 44.2 Å². The van der Waals surface area contributed by atoms with Gasteiger partial charge in [-0.05, 0) is 60.4 Å². The minimum atomic E-state index is -4.13. The van der Waals surface area contributed by atoms with Crippen LogP contribution in [0, 0.1) is 6.92 Å². The standard InChI is InChI=1S/C34H36BrN3O4S/c1-3-21-36-34(40)32(23-27-14-6-4-7-15-27)37(24-28-16-12-17-29(35)22-28)33(39)25-38(31-20-11-10-13-26(31)2)43(41,42)30-18-8-5-9-19-30/h4-20,22,32H,3,21,23-25H2,1-2H3,(H,36,40)/t32-/m1/s1. The van der Waals surface area contributed by atoms with Crippen LogP contribution in [0.3, 0.4) is 0 Å². The van der Waals surface area contributed by atoms with Gasteiger partial charge in [-0.15, -0.1) is 0 Å². The van der Waals surface area contributed by atoms with E-state index in [9.17, 15) is 18.0 Å². The third-order valence-corrected chi connectivity index (χ3v) is 9.32. The second kappa shape index (κ2) is 15.0. The molecule has 0 aliphatic carbocycles. The lowest BCUT2D eigenvalue weighted by molar-refractivity contribution is -0.140. The van der Waals surface area contributed by atoms with Gasteiger partial charge in [0.2, 0.25) is 11.8 Å². The summed E-state index contributed by atoms with van der Waals surface area (Å²) in [7, 11) is -4.13. The lowest BCUT2D eigenvalue weighted by atomic mass is 10.0. The predicted octanol–water partition coefficient (Wildman–Crippen LogP) is 6.12. The zero-order valence-corrected chi connectivity index (χ0v) is 26.7. The van der Waals surface area contributed by atoms with Crippen LogP contribution in [0.5, 0.6) is 0 Å². The van der Waals surface area contributed by atoms with Gasteiger partial charge in [-0.1, -0.05) is 102 Å². The molecule has 1 N–H and O–H groups in total. The zero-order chi connectivity index (χ0) is 30.8. The van der Waals surface area contributed by atoms with E-state index in [1.165, 1.54) is 17.0 Å². The summed E-state index contributed by atoms with van der Waals surface area (Å²) < 4.78 is 30.1. The lowest BCUT2D eigenvalue weighted by Gasteiger charge is -2.34. The second-order valence-electron chi connectivity index (χ2n) is 10.3. The van der Waals surface area contributed by atoms with E-state index in [4.69, 9.17) is 0 Å². The highest BCUT2D eigenvalue weighted by Gasteiger charge is 2.34. The number of anilines is 1. The van der Waals surface area contributed by atoms with Crippen molar-refractivity contribution >= 4 is 43.5 Å². The quantitative estimate of drug-likeness (QED) is 0.187. The molecule has 0 bridgehead atoms. The van der Waals surface area contributed by atoms with E-state index in [0.717, 1.165) is 26.3 Å². The largest absolute Gasteiger partial charge is 0.354 e. The summed E-state index contributed by atoms with van der Waals surface area (Å²) in [5.41, 5.74) is 2.79. The molecular formula is C34H36BrN3O4S. The first kappa shape index (κ1) is 32.0. The van der Waals surface area contributed by atoms with E-state index in [1.54, 1.807) is 30.3 Å². The van der Waals surface area contributed by atoms with Crippen molar-refractivity contribution in [2.24, 2.45) is 0 Å². The molecule has 0 aliphatic rings. The van der Waals surface area contributed by atoms with E-state index >= 15 is 0 Å². The third kappa shape index (κ3) is 8.33. The molecule has 0 saturated carbocycles. The number of para-hydroxylation sites is 1. The number of amides is 2. The van der Waals surface area contributed by atoms with Gasteiger partial charge in [0, 0.05) is 24.0 Å². The Morgan fingerprint density at radius 1 is 0.837 bits per heavy atom. The number of carbonyl (C=O) groups excluding carboxylic acids is 2. The molecule has 2 amide bonds. The van der Waals surface area contributed by atoms with Crippen LogP contribution in [0.25, 0.3) is 0 Å². The van der Waals surface area contributed by atoms with Gasteiger partial charge in [-0.2, -0.15) is 0 Å². The van der Waals surface area contributed by atoms with Crippen LogP contribution in [-0.4, -0.2) is 44.3 Å². The SMILES string of the molecule is CCCNC(=O)[C@@H](Cc1ccccc1)N(Cc1cccc(Br)c1)C(=O)CN(c1ccccc1C)S(=O)(=O)c1ccccc1. The maximum absolute atomic E-state index is 14.4. The number of carbonyl (C=O) groups is 2. The van der Waals surface area contributed by atoms with E-state index in [2.05, 4.69) is 21.2 Å². The molecule has 0 unspecified atom stereocenters. The summed E-state index contributed by atoms with van der Waals surface area (Å²) in [5, 5.41) is 2.96. The highest BCUT2D eigenvalue weighted by atomic mass is 79.9.